The number of rotatable bonds is 3. The normalized spacial score (nSPS) is 10.3. The van der Waals surface area contributed by atoms with Gasteiger partial charge in [-0.2, -0.15) is 0 Å². The topological polar surface area (TPSA) is 9.23 Å². The van der Waals surface area contributed by atoms with E-state index < -0.39 is 0 Å². The molecule has 0 bridgehead atoms. The minimum Gasteiger partial charge on any atom is -0.489 e. The summed E-state index contributed by atoms with van der Waals surface area (Å²) in [6.45, 7) is 2.47. The predicted octanol–water partition coefficient (Wildman–Crippen LogP) is 4.48. The largest absolute Gasteiger partial charge is 0.489 e. The predicted molar refractivity (Wildman–Crippen MR) is 69.6 cm³/mol. The molecule has 2 aromatic rings. The third-order valence-electron chi connectivity index (χ3n) is 2.42. The molecule has 0 unspecified atom stereocenters. The van der Waals surface area contributed by atoms with Crippen LogP contribution in [-0.4, -0.2) is 0 Å². The second-order valence-corrected chi connectivity index (χ2v) is 4.68. The zero-order chi connectivity index (χ0) is 12.3. The molecule has 17 heavy (non-hydrogen) atoms. The van der Waals surface area contributed by atoms with Gasteiger partial charge in [-0.25, -0.2) is 4.39 Å². The maximum absolute atomic E-state index is 12.9. The molecule has 0 amide bonds. The fraction of sp³-hybridized carbons (Fsp3) is 0.143. The highest BCUT2D eigenvalue weighted by atomic mass is 79.9. The molecule has 0 spiro atoms. The van der Waals surface area contributed by atoms with Crippen LogP contribution in [0.2, 0.25) is 0 Å². The van der Waals surface area contributed by atoms with Gasteiger partial charge < -0.3 is 4.74 Å². The number of ether oxygens (including phenoxy) is 1. The quantitative estimate of drug-likeness (QED) is 0.811. The SMILES string of the molecule is Cc1cc(COc2cccc(F)c2)ccc1Br. The van der Waals surface area contributed by atoms with Gasteiger partial charge in [-0.3, -0.25) is 0 Å². The summed E-state index contributed by atoms with van der Waals surface area (Å²) in [5, 5.41) is 0. The maximum atomic E-state index is 12.9. The fourth-order valence-electron chi connectivity index (χ4n) is 1.52. The summed E-state index contributed by atoms with van der Waals surface area (Å²) in [4.78, 5) is 0. The van der Waals surface area contributed by atoms with Crippen LogP contribution in [0.1, 0.15) is 11.1 Å². The fourth-order valence-corrected chi connectivity index (χ4v) is 1.77. The number of benzene rings is 2. The van der Waals surface area contributed by atoms with Crippen molar-refractivity contribution in [2.24, 2.45) is 0 Å². The van der Waals surface area contributed by atoms with Crippen LogP contribution < -0.4 is 4.74 Å². The van der Waals surface area contributed by atoms with E-state index in [0.717, 1.165) is 15.6 Å². The monoisotopic (exact) mass is 294 g/mol. The Bertz CT molecular complexity index is 525. The van der Waals surface area contributed by atoms with Gasteiger partial charge >= 0.3 is 0 Å². The van der Waals surface area contributed by atoms with E-state index in [4.69, 9.17) is 4.74 Å². The number of hydrogen-bond donors (Lipinski definition) is 0. The van der Waals surface area contributed by atoms with Crippen molar-refractivity contribution < 1.29 is 9.13 Å². The summed E-state index contributed by atoms with van der Waals surface area (Å²) < 4.78 is 19.5. The Morgan fingerprint density at radius 3 is 2.71 bits per heavy atom. The highest BCUT2D eigenvalue weighted by Crippen LogP contribution is 2.19. The lowest BCUT2D eigenvalue weighted by atomic mass is 10.1. The van der Waals surface area contributed by atoms with Crippen molar-refractivity contribution in [3.05, 3.63) is 63.9 Å². The Labute approximate surface area is 108 Å². The van der Waals surface area contributed by atoms with Gasteiger partial charge in [0.25, 0.3) is 0 Å². The average Bonchev–Trinajstić information content (AvgIpc) is 2.31. The van der Waals surface area contributed by atoms with Gasteiger partial charge in [-0.1, -0.05) is 34.1 Å². The van der Waals surface area contributed by atoms with E-state index in [9.17, 15) is 4.39 Å². The first-order chi connectivity index (χ1) is 8.15. The van der Waals surface area contributed by atoms with Gasteiger partial charge in [0.05, 0.1) is 0 Å². The van der Waals surface area contributed by atoms with Crippen LogP contribution in [0.25, 0.3) is 0 Å². The second kappa shape index (κ2) is 5.32. The Hall–Kier alpha value is -1.35. The molecule has 0 saturated heterocycles. The maximum Gasteiger partial charge on any atom is 0.126 e. The average molecular weight is 295 g/mol. The molecule has 2 rings (SSSR count). The Morgan fingerprint density at radius 2 is 2.00 bits per heavy atom. The van der Waals surface area contributed by atoms with Gasteiger partial charge in [0.1, 0.15) is 18.2 Å². The molecule has 3 heteroatoms. The second-order valence-electron chi connectivity index (χ2n) is 3.83. The molecule has 2 aromatic carbocycles. The van der Waals surface area contributed by atoms with Gasteiger partial charge in [0.15, 0.2) is 0 Å². The van der Waals surface area contributed by atoms with E-state index in [2.05, 4.69) is 15.9 Å². The molecule has 0 heterocycles. The standard InChI is InChI=1S/C14H12BrFO/c1-10-7-11(5-6-14(10)15)9-17-13-4-2-3-12(16)8-13/h2-8H,9H2,1H3. The smallest absolute Gasteiger partial charge is 0.126 e. The van der Waals surface area contributed by atoms with Gasteiger partial charge in [-0.15, -0.1) is 0 Å². The molecular weight excluding hydrogens is 283 g/mol. The molecule has 0 radical (unpaired) electrons. The molecule has 88 valence electrons. The Balaban J connectivity index is 2.05. The van der Waals surface area contributed by atoms with E-state index in [1.807, 2.05) is 25.1 Å². The van der Waals surface area contributed by atoms with Crippen LogP contribution in [0.5, 0.6) is 5.75 Å². The van der Waals surface area contributed by atoms with E-state index in [1.165, 1.54) is 12.1 Å². The Morgan fingerprint density at radius 1 is 1.18 bits per heavy atom. The van der Waals surface area contributed by atoms with Crippen LogP contribution in [0.4, 0.5) is 4.39 Å². The number of aryl methyl sites for hydroxylation is 1. The summed E-state index contributed by atoms with van der Waals surface area (Å²) >= 11 is 3.44. The molecule has 0 aliphatic heterocycles. The van der Waals surface area contributed by atoms with Crippen molar-refractivity contribution in [1.82, 2.24) is 0 Å². The van der Waals surface area contributed by atoms with Crippen LogP contribution in [0.15, 0.2) is 46.9 Å². The van der Waals surface area contributed by atoms with Crippen molar-refractivity contribution in [3.63, 3.8) is 0 Å². The molecule has 0 aromatic heterocycles. The summed E-state index contributed by atoms with van der Waals surface area (Å²) in [7, 11) is 0. The number of halogens is 2. The molecule has 0 aliphatic rings. The van der Waals surface area contributed by atoms with Crippen molar-refractivity contribution in [2.45, 2.75) is 13.5 Å². The lowest BCUT2D eigenvalue weighted by molar-refractivity contribution is 0.304. The van der Waals surface area contributed by atoms with Crippen molar-refractivity contribution in [1.29, 1.82) is 0 Å². The van der Waals surface area contributed by atoms with Gasteiger partial charge in [0.2, 0.25) is 0 Å². The van der Waals surface area contributed by atoms with E-state index in [1.54, 1.807) is 12.1 Å². The van der Waals surface area contributed by atoms with Crippen LogP contribution in [0, 0.1) is 12.7 Å². The molecule has 0 saturated carbocycles. The first-order valence-corrected chi connectivity index (χ1v) is 6.08. The van der Waals surface area contributed by atoms with E-state index in [0.29, 0.717) is 12.4 Å². The first-order valence-electron chi connectivity index (χ1n) is 5.28. The van der Waals surface area contributed by atoms with E-state index in [-0.39, 0.29) is 5.82 Å². The van der Waals surface area contributed by atoms with Gasteiger partial charge in [0, 0.05) is 10.5 Å². The van der Waals surface area contributed by atoms with Crippen LogP contribution in [0.3, 0.4) is 0 Å². The molecule has 0 atom stereocenters. The third kappa shape index (κ3) is 3.30. The lowest BCUT2D eigenvalue weighted by Gasteiger charge is -2.07. The van der Waals surface area contributed by atoms with Crippen molar-refractivity contribution >= 4 is 15.9 Å². The summed E-state index contributed by atoms with van der Waals surface area (Å²) in [6.07, 6.45) is 0. The number of hydrogen-bond acceptors (Lipinski definition) is 1. The van der Waals surface area contributed by atoms with Crippen molar-refractivity contribution in [2.75, 3.05) is 0 Å². The zero-order valence-corrected chi connectivity index (χ0v) is 11.0. The highest BCUT2D eigenvalue weighted by Gasteiger charge is 2.00. The zero-order valence-electron chi connectivity index (χ0n) is 9.41. The molecule has 0 fully saturated rings. The minimum absolute atomic E-state index is 0.283. The van der Waals surface area contributed by atoms with Crippen LogP contribution in [-0.2, 0) is 6.61 Å². The lowest BCUT2D eigenvalue weighted by Crippen LogP contribution is -1.96. The third-order valence-corrected chi connectivity index (χ3v) is 3.31. The first kappa shape index (κ1) is 12.1. The molecule has 0 N–H and O–H groups in total. The molecule has 0 aliphatic carbocycles. The van der Waals surface area contributed by atoms with Crippen molar-refractivity contribution in [3.8, 4) is 5.75 Å². The highest BCUT2D eigenvalue weighted by molar-refractivity contribution is 9.10. The van der Waals surface area contributed by atoms with Crippen LogP contribution >= 0.6 is 15.9 Å². The summed E-state index contributed by atoms with van der Waals surface area (Å²) in [6, 6.07) is 12.2. The summed E-state index contributed by atoms with van der Waals surface area (Å²) in [5.41, 5.74) is 2.22. The van der Waals surface area contributed by atoms with Gasteiger partial charge in [-0.05, 0) is 36.2 Å². The minimum atomic E-state index is -0.283. The van der Waals surface area contributed by atoms with E-state index >= 15 is 0 Å². The molecule has 1 nitrogen and oxygen atoms in total. The molecular formula is C14H12BrFO. The Kier molecular flexibility index (Phi) is 3.79. The summed E-state index contributed by atoms with van der Waals surface area (Å²) in [5.74, 6) is 0.264.